The molecule has 3 unspecified atom stereocenters. The number of hydrogen-bond donors (Lipinski definition) is 0. The molecule has 0 saturated carbocycles. The van der Waals surface area contributed by atoms with Gasteiger partial charge in [0.05, 0.1) is 17.4 Å². The van der Waals surface area contributed by atoms with Crippen LogP contribution in [0.3, 0.4) is 0 Å². The third kappa shape index (κ3) is 4.27. The van der Waals surface area contributed by atoms with Gasteiger partial charge in [-0.3, -0.25) is 4.21 Å². The maximum absolute atomic E-state index is 13.1. The molecule has 0 bridgehead atoms. The van der Waals surface area contributed by atoms with E-state index in [-0.39, 0.29) is 10.5 Å². The van der Waals surface area contributed by atoms with Gasteiger partial charge >= 0.3 is 0 Å². The van der Waals surface area contributed by atoms with Crippen molar-refractivity contribution in [2.24, 2.45) is 0 Å². The van der Waals surface area contributed by atoms with Crippen molar-refractivity contribution in [1.82, 2.24) is 0 Å². The summed E-state index contributed by atoms with van der Waals surface area (Å²) in [5, 5.41) is 2.37. The first-order valence-electron chi connectivity index (χ1n) is 11.1. The number of ether oxygens (including phenoxy) is 1. The number of epoxide rings is 1. The average molecular weight is 465 g/mol. The number of rotatable bonds is 7. The zero-order valence-corrected chi connectivity index (χ0v) is 21.3. The van der Waals surface area contributed by atoms with Gasteiger partial charge in [-0.2, -0.15) is 0 Å². The first-order valence-corrected chi connectivity index (χ1v) is 14.2. The monoisotopic (exact) mass is 464 g/mol. The third-order valence-corrected chi connectivity index (χ3v) is 13.0. The summed E-state index contributed by atoms with van der Waals surface area (Å²) in [7, 11) is -3.88. The molecule has 32 heavy (non-hydrogen) atoms. The highest BCUT2D eigenvalue weighted by molar-refractivity contribution is 7.85. The van der Waals surface area contributed by atoms with Crippen LogP contribution in [0.4, 0.5) is 0 Å². The van der Waals surface area contributed by atoms with Gasteiger partial charge in [-0.05, 0) is 41.4 Å². The van der Waals surface area contributed by atoms with E-state index in [1.807, 2.05) is 50.2 Å². The summed E-state index contributed by atoms with van der Waals surface area (Å²) >= 11 is 0. The van der Waals surface area contributed by atoms with E-state index in [1.165, 1.54) is 10.4 Å². The fourth-order valence-electron chi connectivity index (χ4n) is 4.39. The highest BCUT2D eigenvalue weighted by Gasteiger charge is 2.59. The third-order valence-electron chi connectivity index (χ3n) is 6.26. The van der Waals surface area contributed by atoms with Crippen LogP contribution in [0, 0.1) is 6.92 Å². The minimum atomic E-state index is -2.65. The lowest BCUT2D eigenvalue weighted by atomic mass is 10.2. The zero-order valence-electron chi connectivity index (χ0n) is 19.5. The van der Waals surface area contributed by atoms with E-state index in [4.69, 9.17) is 9.16 Å². The largest absolute Gasteiger partial charge is 0.404 e. The summed E-state index contributed by atoms with van der Waals surface area (Å²) in [5.74, 6) is 0. The van der Waals surface area contributed by atoms with Gasteiger partial charge in [-0.25, -0.2) is 0 Å². The fraction of sp³-hybridized carbons (Fsp3) is 0.333. The van der Waals surface area contributed by atoms with Crippen molar-refractivity contribution in [2.75, 3.05) is 6.61 Å². The van der Waals surface area contributed by atoms with Gasteiger partial charge < -0.3 is 9.16 Å². The van der Waals surface area contributed by atoms with Gasteiger partial charge in [-0.1, -0.05) is 99.1 Å². The topological polar surface area (TPSA) is 38.8 Å². The van der Waals surface area contributed by atoms with E-state index in [9.17, 15) is 4.21 Å². The Hall–Kier alpha value is -2.05. The molecule has 1 heterocycles. The maximum Gasteiger partial charge on any atom is 0.261 e. The first-order chi connectivity index (χ1) is 15.2. The minimum absolute atomic E-state index is 0.105. The molecule has 3 nitrogen and oxygen atoms in total. The molecule has 168 valence electrons. The van der Waals surface area contributed by atoms with Crippen LogP contribution < -0.4 is 10.4 Å². The van der Waals surface area contributed by atoms with E-state index >= 15 is 0 Å². The van der Waals surface area contributed by atoms with Crippen LogP contribution in [-0.2, 0) is 20.0 Å². The first kappa shape index (κ1) is 23.1. The van der Waals surface area contributed by atoms with Crippen LogP contribution in [0.5, 0.6) is 0 Å². The number of benzene rings is 3. The van der Waals surface area contributed by atoms with E-state index in [0.717, 1.165) is 10.5 Å². The van der Waals surface area contributed by atoms with Crippen molar-refractivity contribution in [3.05, 3.63) is 90.5 Å². The summed E-state index contributed by atoms with van der Waals surface area (Å²) in [6, 6.07) is 29.0. The summed E-state index contributed by atoms with van der Waals surface area (Å²) in [6.07, 6.45) is 0. The van der Waals surface area contributed by atoms with Gasteiger partial charge in [0, 0.05) is 4.90 Å². The molecule has 0 amide bonds. The molecule has 4 rings (SSSR count). The summed E-state index contributed by atoms with van der Waals surface area (Å²) in [4.78, 5) is 0.801. The fourth-order valence-corrected chi connectivity index (χ4v) is 10.5. The summed E-state index contributed by atoms with van der Waals surface area (Å²) in [5.41, 5.74) is 0.228. The maximum atomic E-state index is 13.1. The lowest BCUT2D eigenvalue weighted by Gasteiger charge is -2.43. The van der Waals surface area contributed by atoms with Crippen LogP contribution in [0.25, 0.3) is 0 Å². The second kappa shape index (κ2) is 8.71. The lowest BCUT2D eigenvalue weighted by molar-refractivity contribution is 0.193. The molecule has 1 fully saturated rings. The Morgan fingerprint density at radius 3 is 1.88 bits per heavy atom. The molecule has 3 aromatic carbocycles. The molecule has 1 saturated heterocycles. The molecule has 0 aromatic heterocycles. The molecule has 0 radical (unpaired) electrons. The van der Waals surface area contributed by atoms with E-state index < -0.39 is 24.7 Å². The van der Waals surface area contributed by atoms with Crippen molar-refractivity contribution >= 4 is 29.5 Å². The Bertz CT molecular complexity index is 1040. The van der Waals surface area contributed by atoms with Crippen LogP contribution in [0.15, 0.2) is 89.8 Å². The van der Waals surface area contributed by atoms with Gasteiger partial charge in [0.25, 0.3) is 8.32 Å². The van der Waals surface area contributed by atoms with E-state index in [1.54, 1.807) is 0 Å². The molecular formula is C27H32O3SSi. The molecule has 1 aliphatic rings. The molecule has 1 aliphatic heterocycles. The average Bonchev–Trinajstić information content (AvgIpc) is 3.46. The van der Waals surface area contributed by atoms with E-state index in [0.29, 0.717) is 6.61 Å². The molecule has 3 aromatic rings. The van der Waals surface area contributed by atoms with Crippen LogP contribution in [0.1, 0.15) is 33.3 Å². The van der Waals surface area contributed by atoms with Crippen molar-refractivity contribution in [3.8, 4) is 0 Å². The Kier molecular flexibility index (Phi) is 6.29. The second-order valence-corrected chi connectivity index (χ2v) is 15.6. The van der Waals surface area contributed by atoms with Gasteiger partial charge in [0.1, 0.15) is 5.60 Å². The number of aryl methyl sites for hydroxylation is 1. The Morgan fingerprint density at radius 2 is 1.41 bits per heavy atom. The Morgan fingerprint density at radius 1 is 0.906 bits per heavy atom. The smallest absolute Gasteiger partial charge is 0.261 e. The standard InChI is InChI=1S/C27H32O3SSi/c1-21-16-18-22(19-17-21)31(28)25-27(5,30-25)20-29-32(26(2,3)4,23-12-8-6-9-13-23)24-14-10-7-11-15-24/h6-19,25H,20H2,1-5H3. The molecule has 3 atom stereocenters. The lowest BCUT2D eigenvalue weighted by Crippen LogP contribution is -2.67. The highest BCUT2D eigenvalue weighted by atomic mass is 32.2. The second-order valence-electron chi connectivity index (χ2n) is 9.82. The van der Waals surface area contributed by atoms with Gasteiger partial charge in [0.15, 0.2) is 5.44 Å². The molecule has 0 spiro atoms. The zero-order chi connectivity index (χ0) is 23.0. The molecular weight excluding hydrogens is 432 g/mol. The van der Waals surface area contributed by atoms with Gasteiger partial charge in [-0.15, -0.1) is 0 Å². The quantitative estimate of drug-likeness (QED) is 0.373. The highest BCUT2D eigenvalue weighted by Crippen LogP contribution is 2.44. The molecule has 0 aliphatic carbocycles. The van der Waals surface area contributed by atoms with Crippen molar-refractivity contribution < 1.29 is 13.4 Å². The van der Waals surface area contributed by atoms with Crippen molar-refractivity contribution in [2.45, 2.75) is 55.6 Å². The van der Waals surface area contributed by atoms with Gasteiger partial charge in [0.2, 0.25) is 0 Å². The van der Waals surface area contributed by atoms with Crippen LogP contribution in [-0.4, -0.2) is 30.2 Å². The SMILES string of the molecule is Cc1ccc(S(=O)C2OC2(C)CO[Si](c2ccccc2)(c2ccccc2)C(C)(C)C)cc1. The predicted octanol–water partition coefficient (Wildman–Crippen LogP) is 4.79. The van der Waals surface area contributed by atoms with Crippen molar-refractivity contribution in [3.63, 3.8) is 0 Å². The normalized spacial score (nSPS) is 21.8. The Labute approximate surface area is 195 Å². The summed E-state index contributed by atoms with van der Waals surface area (Å²) in [6.45, 7) is 11.2. The van der Waals surface area contributed by atoms with E-state index in [2.05, 4.69) is 69.3 Å². The molecule has 0 N–H and O–H groups in total. The van der Waals surface area contributed by atoms with Crippen molar-refractivity contribution in [1.29, 1.82) is 0 Å². The van der Waals surface area contributed by atoms with Crippen LogP contribution >= 0.6 is 0 Å². The predicted molar refractivity (Wildman–Crippen MR) is 134 cm³/mol. The Balaban J connectivity index is 1.64. The molecule has 5 heteroatoms. The summed E-state index contributed by atoms with van der Waals surface area (Å²) < 4.78 is 26.2. The number of hydrogen-bond acceptors (Lipinski definition) is 3. The van der Waals surface area contributed by atoms with Crippen LogP contribution in [0.2, 0.25) is 5.04 Å². The minimum Gasteiger partial charge on any atom is -0.404 e.